The monoisotopic (exact) mass is 334 g/mol. The molecule has 0 atom stereocenters. The van der Waals surface area contributed by atoms with Crippen LogP contribution in [0.2, 0.25) is 0 Å². The lowest BCUT2D eigenvalue weighted by Gasteiger charge is -2.01. The summed E-state index contributed by atoms with van der Waals surface area (Å²) >= 11 is 0. The summed E-state index contributed by atoms with van der Waals surface area (Å²) in [6, 6.07) is 6.15. The van der Waals surface area contributed by atoms with E-state index in [1.54, 1.807) is 6.20 Å². The summed E-state index contributed by atoms with van der Waals surface area (Å²) in [4.78, 5) is 13.1. The molecule has 0 unspecified atom stereocenters. The molecule has 0 radical (unpaired) electrons. The predicted molar refractivity (Wildman–Crippen MR) is 99.6 cm³/mol. The molecule has 0 aliphatic heterocycles. The quantitative estimate of drug-likeness (QED) is 0.621. The Labute approximate surface area is 146 Å². The van der Waals surface area contributed by atoms with Gasteiger partial charge in [0.25, 0.3) is 0 Å². The van der Waals surface area contributed by atoms with Gasteiger partial charge < -0.3 is 14.7 Å². The number of rotatable bonds is 3. The Morgan fingerprint density at radius 1 is 1.16 bits per heavy atom. The average molecular weight is 334 g/mol. The van der Waals surface area contributed by atoms with Crippen molar-refractivity contribution in [3.8, 4) is 0 Å². The zero-order valence-electron chi connectivity index (χ0n) is 14.6. The Morgan fingerprint density at radius 3 is 2.80 bits per heavy atom. The van der Waals surface area contributed by atoms with E-state index in [2.05, 4.69) is 43.5 Å². The third kappa shape index (κ3) is 2.95. The number of fused-ring (bicyclic) bond motifs is 2. The summed E-state index contributed by atoms with van der Waals surface area (Å²) in [5.74, 6) is 1.25. The Bertz CT molecular complexity index is 1020. The fourth-order valence-corrected chi connectivity index (χ4v) is 3.07. The molecule has 1 saturated carbocycles. The standard InChI is InChI=1S/C17H16N6.C2H6/c18-16-5-15-14(6-19-16)20-10-23(15)9-13-8-22-7-12(11-1-2-11)3-4-17(22)21-13;1-2/h3-8,10-11H,1-2,9H2,(H2,18,19);1-2H3. The third-order valence-electron chi connectivity index (χ3n) is 4.43. The number of nitrogens with two attached hydrogens (primary N) is 1. The second-order valence-electron chi connectivity index (χ2n) is 6.20. The van der Waals surface area contributed by atoms with Gasteiger partial charge in [-0.3, -0.25) is 0 Å². The van der Waals surface area contributed by atoms with Crippen LogP contribution in [0, 0.1) is 0 Å². The molecule has 0 saturated heterocycles. The first-order valence-electron chi connectivity index (χ1n) is 8.80. The highest BCUT2D eigenvalue weighted by atomic mass is 15.1. The maximum absolute atomic E-state index is 5.79. The van der Waals surface area contributed by atoms with Crippen LogP contribution in [0.4, 0.5) is 5.82 Å². The lowest BCUT2D eigenvalue weighted by atomic mass is 10.2. The molecular formula is C19H22N6. The largest absolute Gasteiger partial charge is 0.384 e. The first kappa shape index (κ1) is 15.6. The summed E-state index contributed by atoms with van der Waals surface area (Å²) in [5, 5.41) is 0. The number of nitrogens with zero attached hydrogens (tertiary/aromatic N) is 5. The second kappa shape index (κ2) is 6.20. The Kier molecular flexibility index (Phi) is 3.87. The van der Waals surface area contributed by atoms with Gasteiger partial charge in [0.2, 0.25) is 0 Å². The van der Waals surface area contributed by atoms with E-state index < -0.39 is 0 Å². The molecule has 2 N–H and O–H groups in total. The molecule has 4 heterocycles. The maximum atomic E-state index is 5.79. The van der Waals surface area contributed by atoms with Gasteiger partial charge in [-0.1, -0.05) is 19.9 Å². The average Bonchev–Trinajstić information content (AvgIpc) is 3.30. The van der Waals surface area contributed by atoms with E-state index in [9.17, 15) is 0 Å². The van der Waals surface area contributed by atoms with Crippen molar-refractivity contribution in [2.45, 2.75) is 39.2 Å². The zero-order chi connectivity index (χ0) is 17.4. The van der Waals surface area contributed by atoms with Crippen molar-refractivity contribution in [1.82, 2.24) is 23.9 Å². The topological polar surface area (TPSA) is 74.0 Å². The highest BCUT2D eigenvalue weighted by molar-refractivity contribution is 5.76. The normalized spacial score (nSPS) is 13.8. The molecule has 6 nitrogen and oxygen atoms in total. The fraction of sp³-hybridized carbons (Fsp3) is 0.316. The van der Waals surface area contributed by atoms with Gasteiger partial charge in [-0.25, -0.2) is 15.0 Å². The van der Waals surface area contributed by atoms with Gasteiger partial charge >= 0.3 is 0 Å². The van der Waals surface area contributed by atoms with Crippen molar-refractivity contribution in [3.05, 3.63) is 54.4 Å². The summed E-state index contributed by atoms with van der Waals surface area (Å²) < 4.78 is 4.18. The first-order valence-corrected chi connectivity index (χ1v) is 8.80. The van der Waals surface area contributed by atoms with E-state index in [0.29, 0.717) is 12.4 Å². The summed E-state index contributed by atoms with van der Waals surface area (Å²) in [7, 11) is 0. The first-order chi connectivity index (χ1) is 12.3. The molecule has 5 rings (SSSR count). The minimum absolute atomic E-state index is 0.503. The minimum atomic E-state index is 0.503. The lowest BCUT2D eigenvalue weighted by Crippen LogP contribution is -1.99. The van der Waals surface area contributed by atoms with Gasteiger partial charge in [-0.15, -0.1) is 0 Å². The van der Waals surface area contributed by atoms with E-state index in [-0.39, 0.29) is 0 Å². The van der Waals surface area contributed by atoms with Crippen LogP contribution in [0.15, 0.2) is 43.1 Å². The third-order valence-corrected chi connectivity index (χ3v) is 4.43. The smallest absolute Gasteiger partial charge is 0.137 e. The number of aromatic nitrogens is 5. The van der Waals surface area contributed by atoms with E-state index in [1.807, 2.05) is 26.2 Å². The highest BCUT2D eigenvalue weighted by Gasteiger charge is 2.23. The van der Waals surface area contributed by atoms with E-state index in [0.717, 1.165) is 28.3 Å². The number of imidazole rings is 2. The molecular weight excluding hydrogens is 312 g/mol. The van der Waals surface area contributed by atoms with Crippen molar-refractivity contribution >= 4 is 22.5 Å². The summed E-state index contributed by atoms with van der Waals surface area (Å²) in [6.45, 7) is 4.67. The number of hydrogen-bond donors (Lipinski definition) is 1. The summed E-state index contributed by atoms with van der Waals surface area (Å²) in [6.07, 6.45) is 10.4. The van der Waals surface area contributed by atoms with Crippen molar-refractivity contribution in [3.63, 3.8) is 0 Å². The molecule has 1 aliphatic rings. The van der Waals surface area contributed by atoms with Gasteiger partial charge in [-0.05, 0) is 30.4 Å². The molecule has 1 aliphatic carbocycles. The Morgan fingerprint density at radius 2 is 2.00 bits per heavy atom. The molecule has 1 fully saturated rings. The minimum Gasteiger partial charge on any atom is -0.384 e. The van der Waals surface area contributed by atoms with Gasteiger partial charge in [-0.2, -0.15) is 0 Å². The van der Waals surface area contributed by atoms with Crippen molar-refractivity contribution in [2.75, 3.05) is 5.73 Å². The number of anilines is 1. The molecule has 25 heavy (non-hydrogen) atoms. The van der Waals surface area contributed by atoms with Crippen LogP contribution in [-0.4, -0.2) is 23.9 Å². The van der Waals surface area contributed by atoms with E-state index >= 15 is 0 Å². The molecule has 0 aromatic carbocycles. The van der Waals surface area contributed by atoms with Crippen LogP contribution in [0.5, 0.6) is 0 Å². The van der Waals surface area contributed by atoms with Crippen LogP contribution in [0.3, 0.4) is 0 Å². The van der Waals surface area contributed by atoms with Crippen LogP contribution in [-0.2, 0) is 6.54 Å². The van der Waals surface area contributed by atoms with Crippen molar-refractivity contribution < 1.29 is 0 Å². The summed E-state index contributed by atoms with van der Waals surface area (Å²) in [5.41, 5.74) is 11.0. The van der Waals surface area contributed by atoms with Gasteiger partial charge in [0.1, 0.15) is 17.0 Å². The SMILES string of the molecule is CC.Nc1cc2c(cn1)ncn2Cc1cn2cc(C3CC3)ccc2n1. The van der Waals surface area contributed by atoms with Gasteiger partial charge in [0.15, 0.2) is 0 Å². The van der Waals surface area contributed by atoms with E-state index in [4.69, 9.17) is 10.7 Å². The van der Waals surface area contributed by atoms with Gasteiger partial charge in [0.05, 0.1) is 30.3 Å². The van der Waals surface area contributed by atoms with Crippen molar-refractivity contribution in [2.24, 2.45) is 0 Å². The Balaban J connectivity index is 0.000000758. The number of pyridine rings is 2. The van der Waals surface area contributed by atoms with Crippen LogP contribution in [0.25, 0.3) is 16.7 Å². The second-order valence-corrected chi connectivity index (χ2v) is 6.20. The molecule has 4 aromatic heterocycles. The number of hydrogen-bond acceptors (Lipinski definition) is 4. The molecule has 0 amide bonds. The van der Waals surface area contributed by atoms with Crippen molar-refractivity contribution in [1.29, 1.82) is 0 Å². The molecule has 128 valence electrons. The van der Waals surface area contributed by atoms with Gasteiger partial charge in [0, 0.05) is 18.5 Å². The Hall–Kier alpha value is -2.89. The molecule has 0 spiro atoms. The zero-order valence-corrected chi connectivity index (χ0v) is 14.6. The fourth-order valence-electron chi connectivity index (χ4n) is 3.07. The highest BCUT2D eigenvalue weighted by Crippen LogP contribution is 2.39. The van der Waals surface area contributed by atoms with E-state index in [1.165, 1.54) is 18.4 Å². The predicted octanol–water partition coefficient (Wildman–Crippen LogP) is 3.61. The lowest BCUT2D eigenvalue weighted by molar-refractivity contribution is 0.804. The molecule has 6 heteroatoms. The molecule has 4 aromatic rings. The molecule has 0 bridgehead atoms. The van der Waals surface area contributed by atoms with Crippen LogP contribution in [0.1, 0.15) is 43.9 Å². The maximum Gasteiger partial charge on any atom is 0.137 e. The number of nitrogen functional groups attached to an aromatic ring is 1. The van der Waals surface area contributed by atoms with Crippen LogP contribution >= 0.6 is 0 Å². The van der Waals surface area contributed by atoms with Crippen LogP contribution < -0.4 is 5.73 Å².